The van der Waals surface area contributed by atoms with E-state index in [-0.39, 0.29) is 17.1 Å². The van der Waals surface area contributed by atoms with Crippen LogP contribution < -0.4 is 5.32 Å². The summed E-state index contributed by atoms with van der Waals surface area (Å²) < 4.78 is 6.47. The number of nitrogens with one attached hydrogen (secondary N) is 1. The molecule has 0 heterocycles. The molecule has 0 bridgehead atoms. The zero-order valence-electron chi connectivity index (χ0n) is 17.9. The third-order valence-corrected chi connectivity index (χ3v) is 4.38. The first-order chi connectivity index (χ1) is 14.3. The Bertz CT molecular complexity index is 762. The van der Waals surface area contributed by atoms with E-state index in [9.17, 15) is 20.2 Å². The summed E-state index contributed by atoms with van der Waals surface area (Å²) in [6.45, 7) is 6.82. The maximum absolute atomic E-state index is 11.1. The Labute approximate surface area is 176 Å². The van der Waals surface area contributed by atoms with E-state index < -0.39 is 9.85 Å². The van der Waals surface area contributed by atoms with Gasteiger partial charge in [0.1, 0.15) is 12.2 Å². The van der Waals surface area contributed by atoms with E-state index in [2.05, 4.69) is 35.4 Å². The Balaban J connectivity index is 2.24. The Hall–Kier alpha value is -2.88. The highest BCUT2D eigenvalue weighted by molar-refractivity contribution is 5.65. The summed E-state index contributed by atoms with van der Waals surface area (Å²) in [5.74, 6) is 0. The van der Waals surface area contributed by atoms with Crippen LogP contribution in [0.5, 0.6) is 0 Å². The predicted octanol–water partition coefficient (Wildman–Crippen LogP) is 2.98. The second-order valence-corrected chi connectivity index (χ2v) is 7.30. The van der Waals surface area contributed by atoms with Crippen LogP contribution in [0.15, 0.2) is 28.2 Å². The quantitative estimate of drug-likeness (QED) is 0.152. The molecule has 1 aromatic rings. The van der Waals surface area contributed by atoms with Gasteiger partial charge in [0.15, 0.2) is 0 Å². The Morgan fingerprint density at radius 2 is 1.87 bits per heavy atom. The molecular weight excluding hydrogens is 392 g/mol. The lowest BCUT2D eigenvalue weighted by molar-refractivity contribution is -0.889. The molecular formula is C19H31N6O5+. The number of nitro groups is 2. The zero-order chi connectivity index (χ0) is 22.4. The largest absolute Gasteiger partial charge is 0.379 e. The van der Waals surface area contributed by atoms with Crippen molar-refractivity contribution in [1.29, 1.82) is 0 Å². The maximum atomic E-state index is 11.1. The molecule has 1 N–H and O–H groups in total. The standard InChI is InChI=1S/C19H31N6O5/c1-4-20-16-21-10-11-25(2,3)12-14-30-13-6-5-9-22-18-8-7-17(23(26)27)15-19(18)24(28)29/h7-8,15,22H,4-6,9-14H2,1-3H3/q+1. The molecule has 30 heavy (non-hydrogen) atoms. The number of hydrogen-bond acceptors (Lipinski definition) is 8. The number of benzene rings is 1. The Morgan fingerprint density at radius 3 is 2.53 bits per heavy atom. The van der Waals surface area contributed by atoms with E-state index in [0.717, 1.165) is 36.5 Å². The molecule has 0 radical (unpaired) electrons. The molecule has 0 aromatic heterocycles. The summed E-state index contributed by atoms with van der Waals surface area (Å²) in [5, 5.41) is 24.8. The number of aliphatic imine (C=N–C) groups is 2. The molecule has 0 atom stereocenters. The first-order valence-electron chi connectivity index (χ1n) is 9.91. The number of hydrogen-bond donors (Lipinski definition) is 1. The van der Waals surface area contributed by atoms with Gasteiger partial charge in [-0.25, -0.2) is 9.98 Å². The van der Waals surface area contributed by atoms with Crippen molar-refractivity contribution in [3.8, 4) is 0 Å². The summed E-state index contributed by atoms with van der Waals surface area (Å²) in [4.78, 5) is 28.6. The summed E-state index contributed by atoms with van der Waals surface area (Å²) in [7, 11) is 4.24. The monoisotopic (exact) mass is 423 g/mol. The van der Waals surface area contributed by atoms with Gasteiger partial charge in [-0.3, -0.25) is 20.2 Å². The highest BCUT2D eigenvalue weighted by Crippen LogP contribution is 2.28. The molecule has 0 saturated heterocycles. The van der Waals surface area contributed by atoms with E-state index >= 15 is 0 Å². The second-order valence-electron chi connectivity index (χ2n) is 7.30. The molecule has 1 rings (SSSR count). The van der Waals surface area contributed by atoms with Crippen LogP contribution in [0.1, 0.15) is 19.8 Å². The highest BCUT2D eigenvalue weighted by Gasteiger charge is 2.19. The third kappa shape index (κ3) is 10.1. The highest BCUT2D eigenvalue weighted by atomic mass is 16.6. The van der Waals surface area contributed by atoms with Crippen LogP contribution in [0.2, 0.25) is 0 Å². The minimum absolute atomic E-state index is 0.275. The van der Waals surface area contributed by atoms with Crippen molar-refractivity contribution >= 4 is 23.1 Å². The van der Waals surface area contributed by atoms with Gasteiger partial charge in [-0.1, -0.05) is 0 Å². The fraction of sp³-hybridized carbons (Fsp3) is 0.632. The van der Waals surface area contributed by atoms with Crippen molar-refractivity contribution in [2.24, 2.45) is 9.98 Å². The number of quaternary nitrogens is 1. The fourth-order valence-electron chi connectivity index (χ4n) is 2.50. The number of nitrogens with zero attached hydrogens (tertiary/aromatic N) is 5. The number of nitro benzene ring substituents is 2. The van der Waals surface area contributed by atoms with Crippen molar-refractivity contribution in [3.63, 3.8) is 0 Å². The summed E-state index contributed by atoms with van der Waals surface area (Å²) in [6, 6.07) is 6.25. The second kappa shape index (κ2) is 13.4. The minimum Gasteiger partial charge on any atom is -0.379 e. The van der Waals surface area contributed by atoms with Gasteiger partial charge in [-0.2, -0.15) is 0 Å². The number of unbranched alkanes of at least 4 members (excludes halogenated alkanes) is 1. The molecule has 0 aliphatic heterocycles. The lowest BCUT2D eigenvalue weighted by Gasteiger charge is -2.28. The average Bonchev–Trinajstić information content (AvgIpc) is 2.69. The normalized spacial score (nSPS) is 10.9. The third-order valence-electron chi connectivity index (χ3n) is 4.38. The number of likely N-dealkylation sites (N-methyl/N-ethyl adjacent to an activating group) is 1. The molecule has 0 aliphatic rings. The Kier molecular flexibility index (Phi) is 11.2. The van der Waals surface area contributed by atoms with Gasteiger partial charge in [-0.15, -0.1) is 0 Å². The van der Waals surface area contributed by atoms with Gasteiger partial charge in [0.25, 0.3) is 11.4 Å². The topological polar surface area (TPSA) is 132 Å². The summed E-state index contributed by atoms with van der Waals surface area (Å²) in [6.07, 6.45) is 1.57. The first kappa shape index (κ1) is 25.2. The van der Waals surface area contributed by atoms with Crippen molar-refractivity contribution in [2.75, 3.05) is 65.3 Å². The molecule has 0 fully saturated rings. The van der Waals surface area contributed by atoms with Gasteiger partial charge in [0.2, 0.25) is 0 Å². The maximum Gasteiger partial charge on any atom is 0.299 e. The van der Waals surface area contributed by atoms with E-state index in [1.165, 1.54) is 12.1 Å². The lowest BCUT2D eigenvalue weighted by atomic mass is 10.2. The van der Waals surface area contributed by atoms with Crippen LogP contribution in [-0.4, -0.2) is 80.4 Å². The van der Waals surface area contributed by atoms with Gasteiger partial charge in [0.05, 0.1) is 55.7 Å². The zero-order valence-corrected chi connectivity index (χ0v) is 17.9. The lowest BCUT2D eigenvalue weighted by Crippen LogP contribution is -2.44. The molecule has 0 unspecified atom stereocenters. The fourth-order valence-corrected chi connectivity index (χ4v) is 2.50. The van der Waals surface area contributed by atoms with Crippen molar-refractivity contribution in [3.05, 3.63) is 38.4 Å². The summed E-state index contributed by atoms with van der Waals surface area (Å²) >= 11 is 0. The predicted molar refractivity (Wildman–Crippen MR) is 115 cm³/mol. The molecule has 1 aromatic carbocycles. The molecule has 11 nitrogen and oxygen atoms in total. The van der Waals surface area contributed by atoms with Crippen LogP contribution in [0, 0.1) is 20.2 Å². The van der Waals surface area contributed by atoms with Gasteiger partial charge < -0.3 is 14.5 Å². The Morgan fingerprint density at radius 1 is 1.10 bits per heavy atom. The van der Waals surface area contributed by atoms with Gasteiger partial charge in [-0.05, 0) is 25.8 Å². The molecule has 0 spiro atoms. The van der Waals surface area contributed by atoms with E-state index in [1.54, 1.807) is 0 Å². The van der Waals surface area contributed by atoms with Gasteiger partial charge in [0, 0.05) is 25.8 Å². The first-order valence-corrected chi connectivity index (χ1v) is 9.91. The number of anilines is 1. The van der Waals surface area contributed by atoms with Crippen molar-refractivity contribution in [2.45, 2.75) is 19.8 Å². The van der Waals surface area contributed by atoms with Crippen LogP contribution in [0.3, 0.4) is 0 Å². The molecule has 166 valence electrons. The van der Waals surface area contributed by atoms with E-state index in [0.29, 0.717) is 32.8 Å². The smallest absolute Gasteiger partial charge is 0.299 e. The van der Waals surface area contributed by atoms with E-state index in [1.807, 2.05) is 6.92 Å². The molecule has 0 saturated carbocycles. The summed E-state index contributed by atoms with van der Waals surface area (Å²) in [5.41, 5.74) is -0.328. The van der Waals surface area contributed by atoms with Crippen LogP contribution in [0.4, 0.5) is 17.1 Å². The van der Waals surface area contributed by atoms with Crippen molar-refractivity contribution < 1.29 is 19.1 Å². The van der Waals surface area contributed by atoms with Crippen molar-refractivity contribution in [1.82, 2.24) is 0 Å². The van der Waals surface area contributed by atoms with Gasteiger partial charge >= 0.3 is 0 Å². The van der Waals surface area contributed by atoms with Crippen LogP contribution in [0.25, 0.3) is 0 Å². The molecule has 0 aliphatic carbocycles. The number of rotatable bonds is 15. The van der Waals surface area contributed by atoms with Crippen LogP contribution in [-0.2, 0) is 4.74 Å². The average molecular weight is 423 g/mol. The number of ether oxygens (including phenoxy) is 1. The molecule has 11 heteroatoms. The molecule has 0 amide bonds. The number of non-ortho nitro benzene ring substituents is 1. The van der Waals surface area contributed by atoms with E-state index in [4.69, 9.17) is 4.74 Å². The SMILES string of the molecule is CCN=C=NCC[N+](C)(C)CCOCCCCNc1ccc([N+](=O)[O-])cc1[N+](=O)[O-]. The van der Waals surface area contributed by atoms with Crippen LogP contribution >= 0.6 is 0 Å². The minimum atomic E-state index is -0.651.